The van der Waals surface area contributed by atoms with Gasteiger partial charge in [-0.2, -0.15) is 5.10 Å². The average molecular weight is 300 g/mol. The van der Waals surface area contributed by atoms with Crippen LogP contribution in [0.3, 0.4) is 0 Å². The number of hydrogen-bond donors (Lipinski definition) is 2. The Bertz CT molecular complexity index is 656. The molecule has 2 aromatic rings. The van der Waals surface area contributed by atoms with E-state index in [0.717, 1.165) is 5.56 Å². The number of hydrogen-bond acceptors (Lipinski definition) is 5. The van der Waals surface area contributed by atoms with Gasteiger partial charge in [0, 0.05) is 5.56 Å². The number of nitrogens with one attached hydrogen (secondary N) is 1. The lowest BCUT2D eigenvalue weighted by Gasteiger charge is -2.05. The minimum absolute atomic E-state index is 0.0480. The summed E-state index contributed by atoms with van der Waals surface area (Å²) in [5, 5.41) is 13.6. The van der Waals surface area contributed by atoms with Gasteiger partial charge in [0.2, 0.25) is 0 Å². The summed E-state index contributed by atoms with van der Waals surface area (Å²) in [4.78, 5) is 11.5. The molecular weight excluding hydrogens is 284 g/mol. The fourth-order valence-electron chi connectivity index (χ4n) is 1.72. The molecule has 6 nitrogen and oxygen atoms in total. The molecule has 2 rings (SSSR count). The number of methoxy groups -OCH3 is 1. The molecular formula is C16H16N2O4. The SMILES string of the molecule is COc1cccc(/C=N/NC(=O)OCc2ccccc2)c1O. The van der Waals surface area contributed by atoms with Crippen LogP contribution in [0.4, 0.5) is 4.79 Å². The van der Waals surface area contributed by atoms with Crippen molar-refractivity contribution in [2.24, 2.45) is 5.10 Å². The van der Waals surface area contributed by atoms with E-state index in [1.54, 1.807) is 18.2 Å². The van der Waals surface area contributed by atoms with E-state index < -0.39 is 6.09 Å². The Kier molecular flexibility index (Phi) is 5.37. The van der Waals surface area contributed by atoms with Crippen LogP contribution in [0.25, 0.3) is 0 Å². The van der Waals surface area contributed by atoms with Crippen LogP contribution in [-0.2, 0) is 11.3 Å². The summed E-state index contributed by atoms with van der Waals surface area (Å²) in [7, 11) is 1.45. The zero-order chi connectivity index (χ0) is 15.8. The maximum Gasteiger partial charge on any atom is 0.428 e. The average Bonchev–Trinajstić information content (AvgIpc) is 2.55. The number of phenolic OH excluding ortho intramolecular Hbond substituents is 1. The Labute approximate surface area is 128 Å². The van der Waals surface area contributed by atoms with Crippen LogP contribution in [0.1, 0.15) is 11.1 Å². The van der Waals surface area contributed by atoms with Gasteiger partial charge in [-0.3, -0.25) is 0 Å². The van der Waals surface area contributed by atoms with Crippen molar-refractivity contribution in [1.82, 2.24) is 5.43 Å². The summed E-state index contributed by atoms with van der Waals surface area (Å²) in [5.41, 5.74) is 3.52. The number of carbonyl (C=O) groups is 1. The van der Waals surface area contributed by atoms with E-state index in [2.05, 4.69) is 10.5 Å². The van der Waals surface area contributed by atoms with Gasteiger partial charge in [-0.15, -0.1) is 0 Å². The number of aromatic hydroxyl groups is 1. The van der Waals surface area contributed by atoms with Crippen molar-refractivity contribution < 1.29 is 19.4 Å². The van der Waals surface area contributed by atoms with E-state index in [1.807, 2.05) is 30.3 Å². The Morgan fingerprint density at radius 2 is 2.00 bits per heavy atom. The molecule has 0 fully saturated rings. The maximum absolute atomic E-state index is 11.5. The normalized spacial score (nSPS) is 10.4. The number of ether oxygens (including phenoxy) is 2. The molecule has 0 saturated heterocycles. The first-order chi connectivity index (χ1) is 10.7. The second-order valence-corrected chi connectivity index (χ2v) is 4.33. The summed E-state index contributed by atoms with van der Waals surface area (Å²) in [6.07, 6.45) is 0.629. The number of amides is 1. The fourth-order valence-corrected chi connectivity index (χ4v) is 1.72. The predicted octanol–water partition coefficient (Wildman–Crippen LogP) is 2.66. The summed E-state index contributed by atoms with van der Waals surface area (Å²) < 4.78 is 9.97. The van der Waals surface area contributed by atoms with Crippen LogP contribution >= 0.6 is 0 Å². The number of para-hydroxylation sites is 1. The lowest BCUT2D eigenvalue weighted by molar-refractivity contribution is 0.140. The molecule has 1 amide bonds. The number of phenols is 1. The van der Waals surface area contributed by atoms with Crippen LogP contribution < -0.4 is 10.2 Å². The Balaban J connectivity index is 1.86. The highest BCUT2D eigenvalue weighted by Crippen LogP contribution is 2.27. The van der Waals surface area contributed by atoms with Crippen molar-refractivity contribution >= 4 is 12.3 Å². The first kappa shape index (κ1) is 15.4. The molecule has 0 aromatic heterocycles. The molecule has 0 aliphatic carbocycles. The van der Waals surface area contributed by atoms with Crippen LogP contribution in [0, 0.1) is 0 Å². The third-order valence-electron chi connectivity index (χ3n) is 2.82. The van der Waals surface area contributed by atoms with Gasteiger partial charge in [0.15, 0.2) is 11.5 Å². The van der Waals surface area contributed by atoms with Crippen molar-refractivity contribution in [3.63, 3.8) is 0 Å². The van der Waals surface area contributed by atoms with E-state index in [4.69, 9.17) is 9.47 Å². The standard InChI is InChI=1S/C16H16N2O4/c1-21-14-9-5-8-13(15(14)19)10-17-18-16(20)22-11-12-6-3-2-4-7-12/h2-10,19H,11H2,1H3,(H,18,20)/b17-10+. The summed E-state index contributed by atoms with van der Waals surface area (Å²) in [6, 6.07) is 14.3. The number of rotatable bonds is 5. The number of benzene rings is 2. The first-order valence-corrected chi connectivity index (χ1v) is 6.56. The lowest BCUT2D eigenvalue weighted by atomic mass is 10.2. The topological polar surface area (TPSA) is 80.2 Å². The minimum Gasteiger partial charge on any atom is -0.504 e. The second kappa shape index (κ2) is 7.68. The summed E-state index contributed by atoms with van der Waals surface area (Å²) >= 11 is 0. The molecule has 0 saturated carbocycles. The Morgan fingerprint density at radius 3 is 2.73 bits per heavy atom. The highest BCUT2D eigenvalue weighted by molar-refractivity contribution is 5.85. The van der Waals surface area contributed by atoms with E-state index in [0.29, 0.717) is 11.3 Å². The van der Waals surface area contributed by atoms with Crippen molar-refractivity contribution in [2.75, 3.05) is 7.11 Å². The van der Waals surface area contributed by atoms with Crippen LogP contribution in [0.15, 0.2) is 53.6 Å². The number of hydrazone groups is 1. The van der Waals surface area contributed by atoms with Gasteiger partial charge in [0.1, 0.15) is 6.61 Å². The highest BCUT2D eigenvalue weighted by Gasteiger charge is 2.05. The van der Waals surface area contributed by atoms with E-state index >= 15 is 0 Å². The predicted molar refractivity (Wildman–Crippen MR) is 82.0 cm³/mol. The van der Waals surface area contributed by atoms with E-state index in [1.165, 1.54) is 13.3 Å². The van der Waals surface area contributed by atoms with Crippen molar-refractivity contribution in [3.8, 4) is 11.5 Å². The molecule has 0 unspecified atom stereocenters. The molecule has 0 heterocycles. The number of nitrogens with zero attached hydrogens (tertiary/aromatic N) is 1. The van der Waals surface area contributed by atoms with E-state index in [9.17, 15) is 9.90 Å². The molecule has 0 aliphatic heterocycles. The molecule has 22 heavy (non-hydrogen) atoms. The third-order valence-corrected chi connectivity index (χ3v) is 2.82. The van der Waals surface area contributed by atoms with E-state index in [-0.39, 0.29) is 12.4 Å². The van der Waals surface area contributed by atoms with Gasteiger partial charge < -0.3 is 14.6 Å². The second-order valence-electron chi connectivity index (χ2n) is 4.33. The summed E-state index contributed by atoms with van der Waals surface area (Å²) in [6.45, 7) is 0.159. The van der Waals surface area contributed by atoms with Crippen molar-refractivity contribution in [1.29, 1.82) is 0 Å². The van der Waals surface area contributed by atoms with Crippen LogP contribution in [0.2, 0.25) is 0 Å². The van der Waals surface area contributed by atoms with Crippen molar-refractivity contribution in [2.45, 2.75) is 6.61 Å². The van der Waals surface area contributed by atoms with Gasteiger partial charge in [-0.05, 0) is 17.7 Å². The monoisotopic (exact) mass is 300 g/mol. The van der Waals surface area contributed by atoms with Gasteiger partial charge >= 0.3 is 6.09 Å². The third kappa shape index (κ3) is 4.24. The van der Waals surface area contributed by atoms with Gasteiger partial charge in [0.25, 0.3) is 0 Å². The highest BCUT2D eigenvalue weighted by atomic mass is 16.6. The van der Waals surface area contributed by atoms with Gasteiger partial charge in [0.05, 0.1) is 13.3 Å². The smallest absolute Gasteiger partial charge is 0.428 e. The van der Waals surface area contributed by atoms with Crippen LogP contribution in [-0.4, -0.2) is 24.5 Å². The maximum atomic E-state index is 11.5. The quantitative estimate of drug-likeness (QED) is 0.657. The summed E-state index contributed by atoms with van der Waals surface area (Å²) in [5.74, 6) is 0.281. The molecule has 0 bridgehead atoms. The van der Waals surface area contributed by atoms with Gasteiger partial charge in [-0.1, -0.05) is 36.4 Å². The number of carbonyl (C=O) groups excluding carboxylic acids is 1. The van der Waals surface area contributed by atoms with Gasteiger partial charge in [-0.25, -0.2) is 10.2 Å². The molecule has 0 radical (unpaired) electrons. The largest absolute Gasteiger partial charge is 0.504 e. The molecule has 2 aromatic carbocycles. The van der Waals surface area contributed by atoms with Crippen molar-refractivity contribution in [3.05, 3.63) is 59.7 Å². The minimum atomic E-state index is -0.678. The Morgan fingerprint density at radius 1 is 1.23 bits per heavy atom. The molecule has 114 valence electrons. The van der Waals surface area contributed by atoms with Crippen LogP contribution in [0.5, 0.6) is 11.5 Å². The lowest BCUT2D eigenvalue weighted by Crippen LogP contribution is -2.18. The molecule has 2 N–H and O–H groups in total. The fraction of sp³-hybridized carbons (Fsp3) is 0.125. The zero-order valence-electron chi connectivity index (χ0n) is 12.0. The molecule has 0 atom stereocenters. The Hall–Kier alpha value is -3.02. The zero-order valence-corrected chi connectivity index (χ0v) is 12.0. The molecule has 6 heteroatoms. The first-order valence-electron chi connectivity index (χ1n) is 6.56. The molecule has 0 spiro atoms. The molecule has 0 aliphatic rings.